The average molecular weight is 432 g/mol. The van der Waals surface area contributed by atoms with Gasteiger partial charge < -0.3 is 19.7 Å². The molecular formula is C23H34FN5O2. The van der Waals surface area contributed by atoms with Gasteiger partial charge in [0.1, 0.15) is 11.9 Å². The van der Waals surface area contributed by atoms with Crippen molar-refractivity contribution < 1.29 is 13.9 Å². The zero-order valence-corrected chi connectivity index (χ0v) is 19.2. The number of hydrogen-bond acceptors (Lipinski definition) is 4. The molecule has 1 aromatic heterocycles. The molecule has 1 aliphatic rings. The van der Waals surface area contributed by atoms with Crippen LogP contribution in [0.15, 0.2) is 29.3 Å². The maximum atomic E-state index is 13.3. The predicted octanol–water partition coefficient (Wildman–Crippen LogP) is 3.21. The molecule has 0 spiro atoms. The highest BCUT2D eigenvalue weighted by Crippen LogP contribution is 2.26. The number of benzene rings is 1. The number of nitrogens with one attached hydrogen (secondary N) is 1. The zero-order valence-electron chi connectivity index (χ0n) is 19.2. The van der Waals surface area contributed by atoms with E-state index in [-0.39, 0.29) is 18.0 Å². The molecule has 0 amide bonds. The monoisotopic (exact) mass is 431 g/mol. The quantitative estimate of drug-likeness (QED) is 0.539. The van der Waals surface area contributed by atoms with E-state index in [4.69, 9.17) is 14.5 Å². The molecule has 0 radical (unpaired) electrons. The Hall–Kier alpha value is -2.45. The van der Waals surface area contributed by atoms with Crippen molar-refractivity contribution in [3.63, 3.8) is 0 Å². The van der Waals surface area contributed by atoms with Gasteiger partial charge in [0.05, 0.1) is 38.0 Å². The van der Waals surface area contributed by atoms with E-state index >= 15 is 0 Å². The fraction of sp³-hybridized carbons (Fsp3) is 0.565. The van der Waals surface area contributed by atoms with Gasteiger partial charge in [0.2, 0.25) is 0 Å². The van der Waals surface area contributed by atoms with E-state index in [1.807, 2.05) is 11.6 Å². The summed E-state index contributed by atoms with van der Waals surface area (Å²) in [4.78, 5) is 7.16. The van der Waals surface area contributed by atoms with Crippen molar-refractivity contribution in [2.45, 2.75) is 53.0 Å². The number of rotatable bonds is 7. The van der Waals surface area contributed by atoms with Gasteiger partial charge in [-0.1, -0.05) is 12.1 Å². The Morgan fingerprint density at radius 3 is 2.71 bits per heavy atom. The lowest BCUT2D eigenvalue weighted by Crippen LogP contribution is -2.50. The van der Waals surface area contributed by atoms with E-state index in [9.17, 15) is 4.39 Å². The highest BCUT2D eigenvalue weighted by molar-refractivity contribution is 5.80. The average Bonchev–Trinajstić information content (AvgIpc) is 3.02. The largest absolute Gasteiger partial charge is 0.383 e. The second kappa shape index (κ2) is 10.7. The molecule has 2 heterocycles. The summed E-state index contributed by atoms with van der Waals surface area (Å²) in [5, 5.41) is 8.06. The molecule has 7 nitrogen and oxygen atoms in total. The SMILES string of the molecule is CCNC(=NCc1c(C)nn(CCOC)c1C)N1CC(C)OC(c2ccc(F)cc2)C1. The molecule has 0 aliphatic carbocycles. The third-order valence-electron chi connectivity index (χ3n) is 5.56. The standard InChI is InChI=1S/C23H34FN5O2/c1-6-25-23(26-13-21-17(3)27-29(18(21)4)11-12-30-5)28-14-16(2)31-22(15-28)19-7-9-20(24)10-8-19/h7-10,16,22H,6,11-15H2,1-5H3,(H,25,26). The van der Waals surface area contributed by atoms with Crippen molar-refractivity contribution in [3.05, 3.63) is 52.6 Å². The van der Waals surface area contributed by atoms with Gasteiger partial charge in [-0.15, -0.1) is 0 Å². The van der Waals surface area contributed by atoms with Crippen molar-refractivity contribution in [1.29, 1.82) is 0 Å². The van der Waals surface area contributed by atoms with Crippen LogP contribution in [0.4, 0.5) is 4.39 Å². The van der Waals surface area contributed by atoms with Crippen LogP contribution in [0.2, 0.25) is 0 Å². The van der Waals surface area contributed by atoms with E-state index in [1.54, 1.807) is 19.2 Å². The maximum Gasteiger partial charge on any atom is 0.194 e. The summed E-state index contributed by atoms with van der Waals surface area (Å²) < 4.78 is 26.6. The topological polar surface area (TPSA) is 63.9 Å². The van der Waals surface area contributed by atoms with Crippen molar-refractivity contribution in [2.24, 2.45) is 4.99 Å². The molecule has 1 N–H and O–H groups in total. The number of aliphatic imine (C=N–C) groups is 1. The van der Waals surface area contributed by atoms with Crippen LogP contribution in [-0.4, -0.2) is 60.1 Å². The first-order valence-electron chi connectivity index (χ1n) is 10.9. The molecule has 170 valence electrons. The number of morpholine rings is 1. The van der Waals surface area contributed by atoms with Gasteiger partial charge in [0.25, 0.3) is 0 Å². The molecule has 1 aromatic carbocycles. The number of ether oxygens (including phenoxy) is 2. The number of aryl methyl sites for hydroxylation is 1. The first-order valence-corrected chi connectivity index (χ1v) is 10.9. The number of halogens is 1. The highest BCUT2D eigenvalue weighted by Gasteiger charge is 2.28. The molecule has 31 heavy (non-hydrogen) atoms. The zero-order chi connectivity index (χ0) is 22.4. The minimum Gasteiger partial charge on any atom is -0.383 e. The molecule has 2 atom stereocenters. The van der Waals surface area contributed by atoms with Gasteiger partial charge in [-0.3, -0.25) is 4.68 Å². The Balaban J connectivity index is 1.78. The van der Waals surface area contributed by atoms with Crippen molar-refractivity contribution >= 4 is 5.96 Å². The van der Waals surface area contributed by atoms with Gasteiger partial charge >= 0.3 is 0 Å². The molecular weight excluding hydrogens is 397 g/mol. The summed E-state index contributed by atoms with van der Waals surface area (Å²) in [7, 11) is 1.70. The van der Waals surface area contributed by atoms with Gasteiger partial charge in [0, 0.05) is 31.5 Å². The summed E-state index contributed by atoms with van der Waals surface area (Å²) in [5.74, 6) is 0.615. The Morgan fingerprint density at radius 2 is 2.03 bits per heavy atom. The second-order valence-electron chi connectivity index (χ2n) is 7.93. The molecule has 8 heteroatoms. The summed E-state index contributed by atoms with van der Waals surface area (Å²) in [6.45, 7) is 12.3. The summed E-state index contributed by atoms with van der Waals surface area (Å²) in [6.07, 6.45) is -0.0959. The molecule has 1 aliphatic heterocycles. The Morgan fingerprint density at radius 1 is 1.29 bits per heavy atom. The molecule has 3 rings (SSSR count). The second-order valence-corrected chi connectivity index (χ2v) is 7.93. The maximum absolute atomic E-state index is 13.3. The first-order chi connectivity index (χ1) is 14.9. The number of aromatic nitrogens is 2. The molecule has 1 saturated heterocycles. The van der Waals surface area contributed by atoms with E-state index in [2.05, 4.69) is 36.1 Å². The smallest absolute Gasteiger partial charge is 0.194 e. The van der Waals surface area contributed by atoms with Gasteiger partial charge in [0.15, 0.2) is 5.96 Å². The summed E-state index contributed by atoms with van der Waals surface area (Å²) in [6, 6.07) is 6.55. The van der Waals surface area contributed by atoms with Crippen LogP contribution in [0.5, 0.6) is 0 Å². The molecule has 0 saturated carbocycles. The van der Waals surface area contributed by atoms with Crippen molar-refractivity contribution in [2.75, 3.05) is 33.4 Å². The lowest BCUT2D eigenvalue weighted by atomic mass is 10.1. The van der Waals surface area contributed by atoms with E-state index in [1.165, 1.54) is 12.1 Å². The Labute approximate surface area is 184 Å². The van der Waals surface area contributed by atoms with Gasteiger partial charge in [-0.2, -0.15) is 5.10 Å². The third-order valence-corrected chi connectivity index (χ3v) is 5.56. The minimum absolute atomic E-state index is 0.0351. The van der Waals surface area contributed by atoms with E-state index in [0.29, 0.717) is 19.7 Å². The summed E-state index contributed by atoms with van der Waals surface area (Å²) >= 11 is 0. The van der Waals surface area contributed by atoms with Crippen LogP contribution in [0, 0.1) is 19.7 Å². The molecule has 2 aromatic rings. The van der Waals surface area contributed by atoms with Crippen LogP contribution in [0.3, 0.4) is 0 Å². The molecule has 2 unspecified atom stereocenters. The van der Waals surface area contributed by atoms with Crippen LogP contribution in [0.25, 0.3) is 0 Å². The van der Waals surface area contributed by atoms with Crippen LogP contribution < -0.4 is 5.32 Å². The normalized spacial score (nSPS) is 19.7. The first kappa shape index (κ1) is 23.2. The van der Waals surface area contributed by atoms with Crippen LogP contribution >= 0.6 is 0 Å². The fourth-order valence-corrected chi connectivity index (χ4v) is 3.92. The van der Waals surface area contributed by atoms with Gasteiger partial charge in [-0.05, 0) is 45.4 Å². The Kier molecular flexibility index (Phi) is 8.03. The number of methoxy groups -OCH3 is 1. The van der Waals surface area contributed by atoms with E-state index in [0.717, 1.165) is 48.1 Å². The number of nitrogens with zero attached hydrogens (tertiary/aromatic N) is 4. The minimum atomic E-state index is -0.240. The number of hydrogen-bond donors (Lipinski definition) is 1. The number of guanidine groups is 1. The van der Waals surface area contributed by atoms with E-state index < -0.39 is 0 Å². The van der Waals surface area contributed by atoms with Crippen molar-refractivity contribution in [3.8, 4) is 0 Å². The highest BCUT2D eigenvalue weighted by atomic mass is 19.1. The third kappa shape index (κ3) is 5.83. The van der Waals surface area contributed by atoms with Crippen LogP contribution in [-0.2, 0) is 22.6 Å². The Bertz CT molecular complexity index is 881. The lowest BCUT2D eigenvalue weighted by molar-refractivity contribution is -0.0605. The molecule has 0 bridgehead atoms. The molecule has 1 fully saturated rings. The van der Waals surface area contributed by atoms with Crippen LogP contribution in [0.1, 0.15) is 42.5 Å². The van der Waals surface area contributed by atoms with Crippen molar-refractivity contribution in [1.82, 2.24) is 20.0 Å². The lowest BCUT2D eigenvalue weighted by Gasteiger charge is -2.38. The fourth-order valence-electron chi connectivity index (χ4n) is 3.92. The van der Waals surface area contributed by atoms with Gasteiger partial charge in [-0.25, -0.2) is 9.38 Å². The predicted molar refractivity (Wildman–Crippen MR) is 120 cm³/mol. The summed E-state index contributed by atoms with van der Waals surface area (Å²) in [5.41, 5.74) is 4.23.